The van der Waals surface area contributed by atoms with E-state index in [2.05, 4.69) is 15.3 Å². The first-order chi connectivity index (χ1) is 16.3. The van der Waals surface area contributed by atoms with Gasteiger partial charge in [0.25, 0.3) is 11.5 Å². The molecular weight excluding hydrogens is 460 g/mol. The molecule has 4 rings (SSSR count). The van der Waals surface area contributed by atoms with Crippen LogP contribution in [0.1, 0.15) is 25.1 Å². The SMILES string of the molecule is O=C(COC(=O)CCc1nc2ccccc2c(=O)[nH]1)Nc1cccc(S(=O)(=O)N2CCCC2)c1. The van der Waals surface area contributed by atoms with Gasteiger partial charge in [0.15, 0.2) is 6.61 Å². The second kappa shape index (κ2) is 10.1. The lowest BCUT2D eigenvalue weighted by atomic mass is 10.2. The lowest BCUT2D eigenvalue weighted by molar-refractivity contribution is -0.147. The molecule has 178 valence electrons. The molecule has 3 aromatic rings. The average molecular weight is 485 g/mol. The molecule has 1 aliphatic heterocycles. The number of carbonyl (C=O) groups is 2. The van der Waals surface area contributed by atoms with Gasteiger partial charge in [-0.1, -0.05) is 18.2 Å². The highest BCUT2D eigenvalue weighted by molar-refractivity contribution is 7.89. The highest BCUT2D eigenvalue weighted by atomic mass is 32.2. The van der Waals surface area contributed by atoms with Crippen LogP contribution in [0.2, 0.25) is 0 Å². The average Bonchev–Trinajstić information content (AvgIpc) is 3.38. The van der Waals surface area contributed by atoms with Crippen molar-refractivity contribution in [3.05, 3.63) is 64.7 Å². The minimum absolute atomic E-state index is 0.0713. The van der Waals surface area contributed by atoms with E-state index >= 15 is 0 Å². The van der Waals surface area contributed by atoms with E-state index in [-0.39, 0.29) is 23.3 Å². The number of hydrogen-bond acceptors (Lipinski definition) is 7. The monoisotopic (exact) mass is 484 g/mol. The highest BCUT2D eigenvalue weighted by Crippen LogP contribution is 2.23. The van der Waals surface area contributed by atoms with Crippen molar-refractivity contribution in [3.8, 4) is 0 Å². The fourth-order valence-electron chi connectivity index (χ4n) is 3.70. The topological polar surface area (TPSA) is 139 Å². The minimum atomic E-state index is -3.61. The summed E-state index contributed by atoms with van der Waals surface area (Å²) in [7, 11) is -3.61. The number of aromatic nitrogens is 2. The van der Waals surface area contributed by atoms with Crippen molar-refractivity contribution in [1.29, 1.82) is 0 Å². The van der Waals surface area contributed by atoms with Crippen molar-refractivity contribution in [2.75, 3.05) is 25.0 Å². The molecule has 11 heteroatoms. The summed E-state index contributed by atoms with van der Waals surface area (Å²) in [5.74, 6) is -0.876. The Kier molecular flexibility index (Phi) is 7.03. The van der Waals surface area contributed by atoms with Crippen molar-refractivity contribution < 1.29 is 22.7 Å². The second-order valence-corrected chi connectivity index (χ2v) is 9.82. The third-order valence-corrected chi connectivity index (χ3v) is 7.31. The van der Waals surface area contributed by atoms with Crippen molar-refractivity contribution in [2.24, 2.45) is 0 Å². The molecule has 0 spiro atoms. The minimum Gasteiger partial charge on any atom is -0.456 e. The van der Waals surface area contributed by atoms with Crippen molar-refractivity contribution in [2.45, 2.75) is 30.6 Å². The van der Waals surface area contributed by atoms with Crippen LogP contribution in [0.3, 0.4) is 0 Å². The van der Waals surface area contributed by atoms with Gasteiger partial charge in [-0.2, -0.15) is 4.31 Å². The van der Waals surface area contributed by atoms with Gasteiger partial charge in [-0.25, -0.2) is 13.4 Å². The quantitative estimate of drug-likeness (QED) is 0.465. The summed E-state index contributed by atoms with van der Waals surface area (Å²) in [5.41, 5.74) is 0.532. The maximum atomic E-state index is 12.7. The van der Waals surface area contributed by atoms with Crippen LogP contribution in [-0.4, -0.2) is 54.3 Å². The number of hydrogen-bond donors (Lipinski definition) is 2. The fraction of sp³-hybridized carbons (Fsp3) is 0.304. The maximum absolute atomic E-state index is 12.7. The molecule has 2 aromatic carbocycles. The van der Waals surface area contributed by atoms with Gasteiger partial charge in [-0.3, -0.25) is 14.4 Å². The summed E-state index contributed by atoms with van der Waals surface area (Å²) in [6, 6.07) is 12.8. The van der Waals surface area contributed by atoms with E-state index in [1.165, 1.54) is 16.4 Å². The zero-order chi connectivity index (χ0) is 24.1. The number of esters is 1. The van der Waals surface area contributed by atoms with Gasteiger partial charge in [-0.05, 0) is 43.2 Å². The Morgan fingerprint density at radius 1 is 1.09 bits per heavy atom. The Hall–Kier alpha value is -3.57. The van der Waals surface area contributed by atoms with E-state index in [9.17, 15) is 22.8 Å². The molecule has 1 fully saturated rings. The number of sulfonamides is 1. The number of amides is 1. The molecule has 0 unspecified atom stereocenters. The number of fused-ring (bicyclic) bond motifs is 1. The summed E-state index contributed by atoms with van der Waals surface area (Å²) in [4.78, 5) is 43.4. The number of nitrogens with zero attached hydrogens (tertiary/aromatic N) is 2. The molecule has 2 heterocycles. The normalized spacial score (nSPS) is 14.2. The van der Waals surface area contributed by atoms with Gasteiger partial charge < -0.3 is 15.0 Å². The highest BCUT2D eigenvalue weighted by Gasteiger charge is 2.27. The van der Waals surface area contributed by atoms with Crippen molar-refractivity contribution >= 4 is 38.5 Å². The first-order valence-electron chi connectivity index (χ1n) is 10.9. The number of aryl methyl sites for hydroxylation is 1. The fourth-order valence-corrected chi connectivity index (χ4v) is 5.26. The van der Waals surface area contributed by atoms with Gasteiger partial charge in [0.1, 0.15) is 5.82 Å². The van der Waals surface area contributed by atoms with Crippen LogP contribution < -0.4 is 10.9 Å². The Bertz CT molecular complexity index is 1380. The number of anilines is 1. The maximum Gasteiger partial charge on any atom is 0.306 e. The van der Waals surface area contributed by atoms with Crippen molar-refractivity contribution in [3.63, 3.8) is 0 Å². The zero-order valence-corrected chi connectivity index (χ0v) is 19.1. The third kappa shape index (κ3) is 5.49. The number of nitrogens with one attached hydrogen (secondary N) is 2. The Morgan fingerprint density at radius 3 is 2.65 bits per heavy atom. The predicted octanol–water partition coefficient (Wildman–Crippen LogP) is 1.82. The largest absolute Gasteiger partial charge is 0.456 e. The molecule has 0 aliphatic carbocycles. The summed E-state index contributed by atoms with van der Waals surface area (Å²) >= 11 is 0. The second-order valence-electron chi connectivity index (χ2n) is 7.88. The molecule has 0 atom stereocenters. The lowest BCUT2D eigenvalue weighted by Gasteiger charge is -2.16. The van der Waals surface area contributed by atoms with Crippen LogP contribution in [0.4, 0.5) is 5.69 Å². The molecule has 34 heavy (non-hydrogen) atoms. The summed E-state index contributed by atoms with van der Waals surface area (Å²) < 4.78 is 31.8. The molecule has 2 N–H and O–H groups in total. The number of para-hydroxylation sites is 1. The van der Waals surface area contributed by atoms with Gasteiger partial charge in [0.05, 0.1) is 22.2 Å². The number of aromatic amines is 1. The first-order valence-corrected chi connectivity index (χ1v) is 12.3. The van der Waals surface area contributed by atoms with Gasteiger partial charge >= 0.3 is 5.97 Å². The van der Waals surface area contributed by atoms with Crippen molar-refractivity contribution in [1.82, 2.24) is 14.3 Å². The molecule has 1 amide bonds. The van der Waals surface area contributed by atoms with E-state index in [0.29, 0.717) is 35.5 Å². The van der Waals surface area contributed by atoms with Crippen LogP contribution in [0.25, 0.3) is 10.9 Å². The Labute approximate surface area is 196 Å². The van der Waals surface area contributed by atoms with E-state index in [0.717, 1.165) is 12.8 Å². The lowest BCUT2D eigenvalue weighted by Crippen LogP contribution is -2.28. The summed E-state index contributed by atoms with van der Waals surface area (Å²) in [6.45, 7) is 0.443. The molecule has 1 aromatic heterocycles. The zero-order valence-electron chi connectivity index (χ0n) is 18.3. The molecular formula is C23H24N4O6S. The van der Waals surface area contributed by atoms with Crippen LogP contribution in [0.5, 0.6) is 0 Å². The molecule has 0 radical (unpaired) electrons. The van der Waals surface area contributed by atoms with E-state index in [1.54, 1.807) is 36.4 Å². The Morgan fingerprint density at radius 2 is 1.85 bits per heavy atom. The number of carbonyl (C=O) groups excluding carboxylic acids is 2. The summed E-state index contributed by atoms with van der Waals surface area (Å²) in [5, 5.41) is 3.00. The number of H-pyrrole nitrogens is 1. The molecule has 0 bridgehead atoms. The van der Waals surface area contributed by atoms with E-state index in [4.69, 9.17) is 4.74 Å². The number of ether oxygens (including phenoxy) is 1. The van der Waals surface area contributed by atoms with Gasteiger partial charge in [0, 0.05) is 25.2 Å². The standard InChI is InChI=1S/C23H24N4O6S/c28-21(24-16-6-5-7-17(14-16)34(31,32)27-12-3-4-13-27)15-33-22(29)11-10-20-25-19-9-2-1-8-18(19)23(30)26-20/h1-2,5-9,14H,3-4,10-13,15H2,(H,24,28)(H,25,26,30). The summed E-state index contributed by atoms with van der Waals surface area (Å²) in [6.07, 6.45) is 1.73. The molecule has 10 nitrogen and oxygen atoms in total. The third-order valence-electron chi connectivity index (χ3n) is 5.41. The number of rotatable bonds is 8. The van der Waals surface area contributed by atoms with E-state index < -0.39 is 28.5 Å². The van der Waals surface area contributed by atoms with Gasteiger partial charge in [-0.15, -0.1) is 0 Å². The van der Waals surface area contributed by atoms with Crippen LogP contribution in [0, 0.1) is 0 Å². The van der Waals surface area contributed by atoms with E-state index in [1.807, 2.05) is 0 Å². The smallest absolute Gasteiger partial charge is 0.306 e. The van der Waals surface area contributed by atoms with Crippen LogP contribution in [-0.2, 0) is 30.8 Å². The van der Waals surface area contributed by atoms with Gasteiger partial charge in [0.2, 0.25) is 10.0 Å². The van der Waals surface area contributed by atoms with Crippen LogP contribution >= 0.6 is 0 Å². The first kappa shape index (κ1) is 23.6. The Balaban J connectivity index is 1.29. The number of benzene rings is 2. The predicted molar refractivity (Wildman–Crippen MR) is 125 cm³/mol. The van der Waals surface area contributed by atoms with Crippen LogP contribution in [0.15, 0.2) is 58.2 Å². The molecule has 1 aliphatic rings. The molecule has 1 saturated heterocycles. The molecule has 0 saturated carbocycles.